The van der Waals surface area contributed by atoms with Crippen LogP contribution in [0.25, 0.3) is 11.1 Å². The molecule has 0 aliphatic heterocycles. The van der Waals surface area contributed by atoms with Crippen molar-refractivity contribution >= 4 is 17.8 Å². The average molecular weight is 433 g/mol. The van der Waals surface area contributed by atoms with Crippen LogP contribution in [0.2, 0.25) is 0 Å². The fourth-order valence-electron chi connectivity index (χ4n) is 3.00. The molecular formula is C24H23N3O5. The van der Waals surface area contributed by atoms with E-state index in [0.29, 0.717) is 16.9 Å². The van der Waals surface area contributed by atoms with E-state index in [4.69, 9.17) is 15.6 Å². The van der Waals surface area contributed by atoms with Crippen molar-refractivity contribution in [3.8, 4) is 16.9 Å². The Labute approximate surface area is 185 Å². The van der Waals surface area contributed by atoms with E-state index in [9.17, 15) is 14.4 Å². The number of ether oxygens (including phenoxy) is 1. The molecule has 2 amide bonds. The average Bonchev–Trinajstić information content (AvgIpc) is 2.82. The van der Waals surface area contributed by atoms with Crippen molar-refractivity contribution in [3.05, 3.63) is 84.2 Å². The molecule has 0 unspecified atom stereocenters. The molecule has 1 atom stereocenters. The molecule has 0 aliphatic carbocycles. The van der Waals surface area contributed by atoms with E-state index in [1.54, 1.807) is 36.7 Å². The minimum Gasteiger partial charge on any atom is -0.487 e. The lowest BCUT2D eigenvalue weighted by atomic mass is 9.96. The summed E-state index contributed by atoms with van der Waals surface area (Å²) < 4.78 is 5.74. The summed E-state index contributed by atoms with van der Waals surface area (Å²) in [4.78, 5) is 39.7. The molecule has 8 nitrogen and oxygen atoms in total. The van der Waals surface area contributed by atoms with Crippen molar-refractivity contribution in [1.82, 2.24) is 10.3 Å². The largest absolute Gasteiger partial charge is 0.487 e. The van der Waals surface area contributed by atoms with Gasteiger partial charge in [0.15, 0.2) is 0 Å². The molecule has 0 spiro atoms. The Morgan fingerprint density at radius 2 is 1.84 bits per heavy atom. The lowest BCUT2D eigenvalue weighted by Crippen LogP contribution is -2.35. The molecule has 1 heterocycles. The first kappa shape index (κ1) is 22.6. The molecule has 0 saturated carbocycles. The first-order valence-corrected chi connectivity index (χ1v) is 9.98. The number of carboxylic acids is 1. The molecule has 32 heavy (non-hydrogen) atoms. The Balaban J connectivity index is 1.77. The fraction of sp³-hybridized carbons (Fsp3) is 0.167. The van der Waals surface area contributed by atoms with Crippen LogP contribution in [0.1, 0.15) is 28.8 Å². The number of carbonyl (C=O) groups is 3. The Morgan fingerprint density at radius 3 is 2.53 bits per heavy atom. The van der Waals surface area contributed by atoms with Crippen LogP contribution in [0, 0.1) is 0 Å². The van der Waals surface area contributed by atoms with Crippen molar-refractivity contribution in [2.45, 2.75) is 25.5 Å². The number of hydrogen-bond acceptors (Lipinski definition) is 6. The van der Waals surface area contributed by atoms with E-state index in [-0.39, 0.29) is 19.4 Å². The molecule has 0 saturated heterocycles. The van der Waals surface area contributed by atoms with Crippen LogP contribution in [0.4, 0.5) is 0 Å². The third-order valence-corrected chi connectivity index (χ3v) is 4.71. The molecule has 4 N–H and O–H groups in total. The van der Waals surface area contributed by atoms with Gasteiger partial charge in [0.2, 0.25) is 5.91 Å². The molecule has 0 aliphatic rings. The Morgan fingerprint density at radius 1 is 1.06 bits per heavy atom. The quantitative estimate of drug-likeness (QED) is 0.473. The van der Waals surface area contributed by atoms with Crippen LogP contribution in [0.5, 0.6) is 5.75 Å². The van der Waals surface area contributed by atoms with E-state index >= 15 is 0 Å². The summed E-state index contributed by atoms with van der Waals surface area (Å²) in [5.74, 6) is -1.73. The van der Waals surface area contributed by atoms with Crippen molar-refractivity contribution in [1.29, 1.82) is 0 Å². The third kappa shape index (κ3) is 6.23. The molecule has 0 fully saturated rings. The summed E-state index contributed by atoms with van der Waals surface area (Å²) in [5.41, 5.74) is 8.02. The first-order chi connectivity index (χ1) is 15.4. The number of carbonyl (C=O) groups excluding carboxylic acids is 2. The first-order valence-electron chi connectivity index (χ1n) is 9.98. The number of carboxylic acid groups (broad SMARTS) is 1. The maximum atomic E-state index is 12.8. The van der Waals surface area contributed by atoms with Crippen molar-refractivity contribution < 1.29 is 24.2 Å². The normalized spacial score (nSPS) is 11.4. The number of rotatable bonds is 9. The van der Waals surface area contributed by atoms with Gasteiger partial charge >= 0.3 is 5.97 Å². The smallest absolute Gasteiger partial charge is 0.320 e. The third-order valence-electron chi connectivity index (χ3n) is 4.71. The topological polar surface area (TPSA) is 132 Å². The summed E-state index contributed by atoms with van der Waals surface area (Å²) in [6.45, 7) is 0.277. The molecule has 1 aromatic heterocycles. The van der Waals surface area contributed by atoms with E-state index in [1.807, 2.05) is 36.4 Å². The number of nitrogens with one attached hydrogen (secondary N) is 1. The highest BCUT2D eigenvalue weighted by molar-refractivity contribution is 6.08. The molecule has 3 rings (SSSR count). The monoisotopic (exact) mass is 433 g/mol. The van der Waals surface area contributed by atoms with Gasteiger partial charge in [0.05, 0.1) is 6.20 Å². The number of pyridine rings is 1. The van der Waals surface area contributed by atoms with E-state index in [2.05, 4.69) is 10.3 Å². The summed E-state index contributed by atoms with van der Waals surface area (Å²) in [6, 6.07) is 17.0. The van der Waals surface area contributed by atoms with Gasteiger partial charge in [-0.15, -0.1) is 0 Å². The summed E-state index contributed by atoms with van der Waals surface area (Å²) in [6.07, 6.45) is 3.04. The lowest BCUT2D eigenvalue weighted by Gasteiger charge is -2.13. The molecule has 0 radical (unpaired) electrons. The number of nitrogens with zero attached hydrogens (tertiary/aromatic N) is 1. The van der Waals surface area contributed by atoms with Gasteiger partial charge in [0.25, 0.3) is 5.91 Å². The van der Waals surface area contributed by atoms with Crippen LogP contribution >= 0.6 is 0 Å². The van der Waals surface area contributed by atoms with Gasteiger partial charge in [0, 0.05) is 18.2 Å². The van der Waals surface area contributed by atoms with Crippen LogP contribution < -0.4 is 15.8 Å². The van der Waals surface area contributed by atoms with Crippen LogP contribution in [0.15, 0.2) is 73.1 Å². The van der Waals surface area contributed by atoms with Crippen LogP contribution in [-0.2, 0) is 16.2 Å². The number of aromatic nitrogens is 1. The predicted octanol–water partition coefficient (Wildman–Crippen LogP) is 2.78. The zero-order valence-corrected chi connectivity index (χ0v) is 17.2. The number of imide groups is 1. The zero-order valence-electron chi connectivity index (χ0n) is 17.2. The molecular weight excluding hydrogens is 410 g/mol. The van der Waals surface area contributed by atoms with E-state index in [1.165, 1.54) is 0 Å². The Kier molecular flexibility index (Phi) is 7.66. The van der Waals surface area contributed by atoms with Crippen LogP contribution in [-0.4, -0.2) is 33.9 Å². The van der Waals surface area contributed by atoms with E-state index in [0.717, 1.165) is 11.1 Å². The molecule has 0 bridgehead atoms. The lowest BCUT2D eigenvalue weighted by molar-refractivity contribution is -0.138. The second kappa shape index (κ2) is 10.8. The van der Waals surface area contributed by atoms with Crippen molar-refractivity contribution in [3.63, 3.8) is 0 Å². The SMILES string of the molecule is N[C@@H](CCC(=O)NC(=O)c1ccc(COc2cccnc2)cc1-c1ccccc1)C(=O)O. The van der Waals surface area contributed by atoms with Gasteiger partial charge in [-0.2, -0.15) is 0 Å². The molecule has 164 valence electrons. The number of amides is 2. The van der Waals surface area contributed by atoms with Gasteiger partial charge in [-0.25, -0.2) is 0 Å². The molecule has 2 aromatic carbocycles. The highest BCUT2D eigenvalue weighted by Crippen LogP contribution is 2.26. The number of nitrogens with two attached hydrogens (primary N) is 1. The van der Waals surface area contributed by atoms with E-state index < -0.39 is 23.8 Å². The second-order valence-electron chi connectivity index (χ2n) is 7.08. The maximum absolute atomic E-state index is 12.8. The minimum atomic E-state index is -1.19. The standard InChI is InChI=1S/C24H23N3O5/c25-21(24(30)31)10-11-22(28)27-23(29)19-9-8-16(15-32-18-7-4-12-26-14-18)13-20(19)17-5-2-1-3-6-17/h1-9,12-14,21H,10-11,15,25H2,(H,30,31)(H,27,28,29)/t21-/m0/s1. The Hall–Kier alpha value is -4.04. The number of benzene rings is 2. The molecule has 8 heteroatoms. The summed E-state index contributed by atoms with van der Waals surface area (Å²) in [7, 11) is 0. The molecule has 3 aromatic rings. The maximum Gasteiger partial charge on any atom is 0.320 e. The Bertz CT molecular complexity index is 1090. The van der Waals surface area contributed by atoms with Gasteiger partial charge in [-0.1, -0.05) is 36.4 Å². The highest BCUT2D eigenvalue weighted by atomic mass is 16.5. The van der Waals surface area contributed by atoms with Crippen LogP contribution in [0.3, 0.4) is 0 Å². The predicted molar refractivity (Wildman–Crippen MR) is 118 cm³/mol. The zero-order chi connectivity index (χ0) is 22.9. The minimum absolute atomic E-state index is 0.0649. The second-order valence-corrected chi connectivity index (χ2v) is 7.08. The number of hydrogen-bond donors (Lipinski definition) is 3. The van der Waals surface area contributed by atoms with Crippen molar-refractivity contribution in [2.24, 2.45) is 5.73 Å². The van der Waals surface area contributed by atoms with Crippen molar-refractivity contribution in [2.75, 3.05) is 0 Å². The number of aliphatic carboxylic acids is 1. The summed E-state index contributed by atoms with van der Waals surface area (Å²) in [5, 5.41) is 11.1. The fourth-order valence-corrected chi connectivity index (χ4v) is 3.00. The van der Waals surface area contributed by atoms with Gasteiger partial charge in [-0.05, 0) is 47.4 Å². The van der Waals surface area contributed by atoms with Gasteiger partial charge in [0.1, 0.15) is 18.4 Å². The van der Waals surface area contributed by atoms with Gasteiger partial charge < -0.3 is 15.6 Å². The summed E-state index contributed by atoms with van der Waals surface area (Å²) >= 11 is 0. The van der Waals surface area contributed by atoms with Gasteiger partial charge in [-0.3, -0.25) is 24.7 Å². The highest BCUT2D eigenvalue weighted by Gasteiger charge is 2.18.